The number of rotatable bonds is 64. The number of carbonyl (C=O) groups excluding carboxylic acids is 3. The standard InChI is InChI=1S/C69H134O6/c1-5-7-9-11-13-15-17-19-21-23-24-29-33-37-41-45-49-53-57-61-68(71)74-64-66(63-73-67(70)60-56-52-48-44-40-36-32-27-22-20-18-16-14-12-10-8-6-2)75-69(72)62-58-54-50-46-42-38-34-30-26-25-28-31-35-39-43-47-51-55-59-65(3)4/h65-66H,5-64H2,1-4H3/t66-/m0/s1. The number of esters is 3. The molecule has 0 N–H and O–H groups in total. The van der Waals surface area contributed by atoms with Crippen LogP contribution in [0.3, 0.4) is 0 Å². The van der Waals surface area contributed by atoms with Crippen molar-refractivity contribution in [3.63, 3.8) is 0 Å². The molecule has 0 heterocycles. The smallest absolute Gasteiger partial charge is 0.306 e. The molecule has 0 spiro atoms. The molecule has 0 saturated carbocycles. The SMILES string of the molecule is CCCCCCCCCCCCCCCCCCCCCC(=O)OC[C@H](COC(=O)CCCCCCCCCCCCCCCCCCC)OC(=O)CCCCCCCCCCCCCCCCCCCCC(C)C. The van der Waals surface area contributed by atoms with Crippen LogP contribution in [-0.2, 0) is 28.6 Å². The van der Waals surface area contributed by atoms with E-state index in [9.17, 15) is 14.4 Å². The Kier molecular flexibility index (Phi) is 61.9. The van der Waals surface area contributed by atoms with Gasteiger partial charge >= 0.3 is 17.9 Å². The molecule has 0 unspecified atom stereocenters. The maximum absolute atomic E-state index is 12.9. The molecule has 6 nitrogen and oxygen atoms in total. The van der Waals surface area contributed by atoms with Gasteiger partial charge in [0.15, 0.2) is 6.10 Å². The summed E-state index contributed by atoms with van der Waals surface area (Å²) in [5.74, 6) is 0.0367. The monoisotopic (exact) mass is 1060 g/mol. The lowest BCUT2D eigenvalue weighted by Crippen LogP contribution is -2.30. The lowest BCUT2D eigenvalue weighted by Gasteiger charge is -2.18. The van der Waals surface area contributed by atoms with Crippen molar-refractivity contribution in [1.82, 2.24) is 0 Å². The van der Waals surface area contributed by atoms with E-state index in [0.717, 1.165) is 63.7 Å². The summed E-state index contributed by atoms with van der Waals surface area (Å²) in [5, 5.41) is 0. The molecule has 0 saturated heterocycles. The van der Waals surface area contributed by atoms with E-state index in [1.807, 2.05) is 0 Å². The molecule has 0 aromatic heterocycles. The third kappa shape index (κ3) is 63.1. The second-order valence-electron chi connectivity index (χ2n) is 24.3. The van der Waals surface area contributed by atoms with Gasteiger partial charge in [-0.05, 0) is 25.2 Å². The summed E-state index contributed by atoms with van der Waals surface area (Å²) >= 11 is 0. The van der Waals surface area contributed by atoms with Gasteiger partial charge in [-0.1, -0.05) is 362 Å². The van der Waals surface area contributed by atoms with Crippen molar-refractivity contribution < 1.29 is 28.6 Å². The topological polar surface area (TPSA) is 78.9 Å². The molecule has 0 bridgehead atoms. The maximum atomic E-state index is 12.9. The van der Waals surface area contributed by atoms with Crippen molar-refractivity contribution in [3.05, 3.63) is 0 Å². The van der Waals surface area contributed by atoms with E-state index in [2.05, 4.69) is 27.7 Å². The summed E-state index contributed by atoms with van der Waals surface area (Å²) in [7, 11) is 0. The molecule has 0 aliphatic carbocycles. The Morgan fingerprint density at radius 1 is 0.253 bits per heavy atom. The molecule has 0 aromatic rings. The van der Waals surface area contributed by atoms with Crippen LogP contribution >= 0.6 is 0 Å². The fourth-order valence-corrected chi connectivity index (χ4v) is 10.9. The molecule has 75 heavy (non-hydrogen) atoms. The van der Waals surface area contributed by atoms with Crippen LogP contribution in [0.4, 0.5) is 0 Å². The summed E-state index contributed by atoms with van der Waals surface area (Å²) < 4.78 is 17.0. The first-order valence-electron chi connectivity index (χ1n) is 34.4. The second-order valence-corrected chi connectivity index (χ2v) is 24.3. The van der Waals surface area contributed by atoms with Crippen molar-refractivity contribution in [2.75, 3.05) is 13.2 Å². The largest absolute Gasteiger partial charge is 0.462 e. The molecule has 0 amide bonds. The molecule has 0 aromatic carbocycles. The normalized spacial score (nSPS) is 12.0. The molecule has 0 fully saturated rings. The minimum atomic E-state index is -0.764. The summed E-state index contributed by atoms with van der Waals surface area (Å²) in [6, 6.07) is 0. The first-order chi connectivity index (χ1) is 36.9. The first-order valence-corrected chi connectivity index (χ1v) is 34.4. The highest BCUT2D eigenvalue weighted by Crippen LogP contribution is 2.19. The third-order valence-electron chi connectivity index (χ3n) is 16.0. The molecule has 6 heteroatoms. The molecule has 1 atom stereocenters. The predicted molar refractivity (Wildman–Crippen MR) is 326 cm³/mol. The van der Waals surface area contributed by atoms with Crippen molar-refractivity contribution in [2.24, 2.45) is 5.92 Å². The van der Waals surface area contributed by atoms with Crippen LogP contribution in [0.2, 0.25) is 0 Å². The van der Waals surface area contributed by atoms with E-state index < -0.39 is 6.10 Å². The Balaban J connectivity index is 4.27. The lowest BCUT2D eigenvalue weighted by atomic mass is 10.0. The number of hydrogen-bond acceptors (Lipinski definition) is 6. The number of carbonyl (C=O) groups is 3. The number of ether oxygens (including phenoxy) is 3. The van der Waals surface area contributed by atoms with Gasteiger partial charge in [-0.2, -0.15) is 0 Å². The fourth-order valence-electron chi connectivity index (χ4n) is 10.9. The van der Waals surface area contributed by atoms with Crippen LogP contribution in [0.15, 0.2) is 0 Å². The third-order valence-corrected chi connectivity index (χ3v) is 16.0. The van der Waals surface area contributed by atoms with E-state index >= 15 is 0 Å². The Labute approximate surface area is 469 Å². The van der Waals surface area contributed by atoms with Crippen LogP contribution in [0.1, 0.15) is 400 Å². The lowest BCUT2D eigenvalue weighted by molar-refractivity contribution is -0.167. The summed E-state index contributed by atoms with van der Waals surface area (Å²) in [6.45, 7) is 9.12. The zero-order valence-electron chi connectivity index (χ0n) is 51.5. The molecular formula is C69H134O6. The van der Waals surface area contributed by atoms with Gasteiger partial charge in [0.25, 0.3) is 0 Å². The number of unbranched alkanes of at least 4 members (excludes halogenated alkanes) is 51. The van der Waals surface area contributed by atoms with Crippen LogP contribution in [0.5, 0.6) is 0 Å². The molecule has 446 valence electrons. The summed E-state index contributed by atoms with van der Waals surface area (Å²) in [6.07, 6.45) is 72.6. The minimum absolute atomic E-state index is 0.0606. The van der Waals surface area contributed by atoms with E-state index in [1.165, 1.54) is 295 Å². The zero-order chi connectivity index (χ0) is 54.4. The van der Waals surface area contributed by atoms with E-state index in [-0.39, 0.29) is 31.1 Å². The average molecular weight is 1060 g/mol. The second kappa shape index (κ2) is 63.2. The van der Waals surface area contributed by atoms with Crippen molar-refractivity contribution >= 4 is 17.9 Å². The van der Waals surface area contributed by atoms with Gasteiger partial charge in [0.1, 0.15) is 13.2 Å². The van der Waals surface area contributed by atoms with Gasteiger partial charge in [0, 0.05) is 19.3 Å². The highest BCUT2D eigenvalue weighted by molar-refractivity contribution is 5.71. The van der Waals surface area contributed by atoms with Gasteiger partial charge in [-0.15, -0.1) is 0 Å². The highest BCUT2D eigenvalue weighted by Gasteiger charge is 2.19. The summed E-state index contributed by atoms with van der Waals surface area (Å²) in [4.78, 5) is 38.4. The fraction of sp³-hybridized carbons (Fsp3) is 0.957. The van der Waals surface area contributed by atoms with E-state index in [1.54, 1.807) is 0 Å². The van der Waals surface area contributed by atoms with Gasteiger partial charge in [0.2, 0.25) is 0 Å². The van der Waals surface area contributed by atoms with Crippen LogP contribution in [0.25, 0.3) is 0 Å². The number of hydrogen-bond donors (Lipinski definition) is 0. The van der Waals surface area contributed by atoms with Crippen LogP contribution in [-0.4, -0.2) is 37.2 Å². The van der Waals surface area contributed by atoms with Crippen molar-refractivity contribution in [2.45, 2.75) is 406 Å². The van der Waals surface area contributed by atoms with Crippen molar-refractivity contribution in [3.8, 4) is 0 Å². The maximum Gasteiger partial charge on any atom is 0.306 e. The molecule has 0 aliphatic rings. The van der Waals surface area contributed by atoms with Crippen LogP contribution < -0.4 is 0 Å². The Morgan fingerprint density at radius 2 is 0.440 bits per heavy atom. The zero-order valence-corrected chi connectivity index (χ0v) is 51.5. The Morgan fingerprint density at radius 3 is 0.653 bits per heavy atom. The average Bonchev–Trinajstić information content (AvgIpc) is 3.40. The molecule has 0 radical (unpaired) electrons. The first kappa shape index (κ1) is 73.4. The quantitative estimate of drug-likeness (QED) is 0.0343. The molecule has 0 aliphatic heterocycles. The van der Waals surface area contributed by atoms with Gasteiger partial charge in [-0.25, -0.2) is 0 Å². The Hall–Kier alpha value is -1.59. The van der Waals surface area contributed by atoms with E-state index in [0.29, 0.717) is 19.3 Å². The predicted octanol–water partition coefficient (Wildman–Crippen LogP) is 23.3. The van der Waals surface area contributed by atoms with Crippen LogP contribution in [0, 0.1) is 5.92 Å². The van der Waals surface area contributed by atoms with E-state index in [4.69, 9.17) is 14.2 Å². The molecular weight excluding hydrogens is 925 g/mol. The molecule has 0 rings (SSSR count). The highest BCUT2D eigenvalue weighted by atomic mass is 16.6. The minimum Gasteiger partial charge on any atom is -0.462 e. The Bertz CT molecular complexity index is 1140. The van der Waals surface area contributed by atoms with Gasteiger partial charge in [-0.3, -0.25) is 14.4 Å². The van der Waals surface area contributed by atoms with Gasteiger partial charge < -0.3 is 14.2 Å². The summed E-state index contributed by atoms with van der Waals surface area (Å²) in [5.41, 5.74) is 0. The van der Waals surface area contributed by atoms with Crippen molar-refractivity contribution in [1.29, 1.82) is 0 Å². The van der Waals surface area contributed by atoms with Gasteiger partial charge in [0.05, 0.1) is 0 Å².